The third kappa shape index (κ3) is 5.27. The van der Waals surface area contributed by atoms with Gasteiger partial charge in [-0.1, -0.05) is 42.5 Å². The molecule has 2 heterocycles. The van der Waals surface area contributed by atoms with Crippen molar-refractivity contribution in [1.29, 1.82) is 0 Å². The number of rotatable bonds is 9. The average Bonchev–Trinajstić information content (AvgIpc) is 3.23. The summed E-state index contributed by atoms with van der Waals surface area (Å²) < 4.78 is 23.3. The van der Waals surface area contributed by atoms with Crippen molar-refractivity contribution in [2.75, 3.05) is 6.61 Å². The van der Waals surface area contributed by atoms with Crippen LogP contribution in [0.3, 0.4) is 0 Å². The number of benzene rings is 1. The van der Waals surface area contributed by atoms with Crippen LogP contribution < -0.4 is 0 Å². The molecule has 0 saturated carbocycles. The molecule has 1 fully saturated rings. The SMILES string of the molecule is C[C@@H]1[C@@H]([Si](C)(C)F)[C@H](CCn2cc(CCO)nn2)O[C@@H]1CCc1ccccc1. The van der Waals surface area contributed by atoms with E-state index in [0.29, 0.717) is 13.0 Å². The van der Waals surface area contributed by atoms with Crippen LogP contribution in [0.25, 0.3) is 0 Å². The maximum absolute atomic E-state index is 15.2. The zero-order chi connectivity index (χ0) is 20.1. The number of hydrogen-bond acceptors (Lipinski definition) is 4. The van der Waals surface area contributed by atoms with Crippen molar-refractivity contribution < 1.29 is 14.0 Å². The molecule has 0 amide bonds. The van der Waals surface area contributed by atoms with Gasteiger partial charge in [-0.3, -0.25) is 4.68 Å². The largest absolute Gasteiger partial charge is 0.396 e. The molecule has 4 atom stereocenters. The molecule has 5 nitrogen and oxygen atoms in total. The highest BCUT2D eigenvalue weighted by atomic mass is 28.4. The summed E-state index contributed by atoms with van der Waals surface area (Å²) >= 11 is 0. The van der Waals surface area contributed by atoms with Gasteiger partial charge in [-0.15, -0.1) is 5.10 Å². The predicted molar refractivity (Wildman–Crippen MR) is 110 cm³/mol. The predicted octanol–water partition coefficient (Wildman–Crippen LogP) is 3.78. The summed E-state index contributed by atoms with van der Waals surface area (Å²) in [6.45, 7) is 6.48. The number of hydrogen-bond donors (Lipinski definition) is 1. The van der Waals surface area contributed by atoms with Crippen LogP contribution in [-0.4, -0.2) is 47.3 Å². The van der Waals surface area contributed by atoms with Gasteiger partial charge in [-0.05, 0) is 43.8 Å². The van der Waals surface area contributed by atoms with E-state index in [1.54, 1.807) is 17.8 Å². The molecule has 0 spiro atoms. The standard InChI is InChI=1S/C21H32FN3O2Si/c1-16-19(10-9-17-7-5-4-6-8-17)27-20(21(16)28(2,3)22)11-13-25-15-18(12-14-26)23-24-25/h4-8,15-16,19-21,26H,9-14H2,1-3H3/t16-,19+,20-,21+/m0/s1. The van der Waals surface area contributed by atoms with Crippen molar-refractivity contribution in [3.63, 3.8) is 0 Å². The molecule has 2 aromatic rings. The van der Waals surface area contributed by atoms with Gasteiger partial charge in [0, 0.05) is 31.3 Å². The topological polar surface area (TPSA) is 60.2 Å². The van der Waals surface area contributed by atoms with Gasteiger partial charge in [0.1, 0.15) is 0 Å². The first-order valence-corrected chi connectivity index (χ1v) is 13.2. The molecule has 1 aliphatic heterocycles. The summed E-state index contributed by atoms with van der Waals surface area (Å²) in [5.41, 5.74) is 2.07. The number of nitrogens with zero attached hydrogens (tertiary/aromatic N) is 3. The van der Waals surface area contributed by atoms with Crippen LogP contribution in [0.15, 0.2) is 36.5 Å². The number of aliphatic hydroxyl groups excluding tert-OH is 1. The highest BCUT2D eigenvalue weighted by molar-refractivity contribution is 6.72. The zero-order valence-corrected chi connectivity index (χ0v) is 18.1. The van der Waals surface area contributed by atoms with Crippen LogP contribution in [-0.2, 0) is 24.1 Å². The molecule has 28 heavy (non-hydrogen) atoms. The fourth-order valence-corrected chi connectivity index (χ4v) is 7.13. The molecule has 0 bridgehead atoms. The Kier molecular flexibility index (Phi) is 7.01. The lowest BCUT2D eigenvalue weighted by Gasteiger charge is -2.28. The Bertz CT molecular complexity index is 735. The molecule has 1 aromatic heterocycles. The molecule has 0 aliphatic carbocycles. The van der Waals surface area contributed by atoms with Gasteiger partial charge in [-0.2, -0.15) is 0 Å². The van der Waals surface area contributed by atoms with Gasteiger partial charge in [0.25, 0.3) is 0 Å². The monoisotopic (exact) mass is 405 g/mol. The van der Waals surface area contributed by atoms with E-state index in [0.717, 1.165) is 25.0 Å². The van der Waals surface area contributed by atoms with Crippen molar-refractivity contribution >= 4 is 8.41 Å². The van der Waals surface area contributed by atoms with Gasteiger partial charge in [0.05, 0.1) is 17.9 Å². The van der Waals surface area contributed by atoms with Crippen molar-refractivity contribution in [3.05, 3.63) is 47.8 Å². The molecule has 1 N–H and O–H groups in total. The maximum atomic E-state index is 15.2. The van der Waals surface area contributed by atoms with Crippen molar-refractivity contribution in [2.24, 2.45) is 5.92 Å². The van der Waals surface area contributed by atoms with E-state index < -0.39 is 8.41 Å². The first-order valence-electron chi connectivity index (χ1n) is 10.3. The summed E-state index contributed by atoms with van der Waals surface area (Å²) in [7, 11) is -2.85. The van der Waals surface area contributed by atoms with E-state index in [1.807, 2.05) is 12.3 Å². The lowest BCUT2D eigenvalue weighted by atomic mass is 9.95. The molecule has 1 aliphatic rings. The van der Waals surface area contributed by atoms with Crippen molar-refractivity contribution in [1.82, 2.24) is 15.0 Å². The van der Waals surface area contributed by atoms with E-state index in [9.17, 15) is 0 Å². The molecule has 1 saturated heterocycles. The van der Waals surface area contributed by atoms with E-state index in [4.69, 9.17) is 9.84 Å². The van der Waals surface area contributed by atoms with Crippen molar-refractivity contribution in [3.8, 4) is 0 Å². The van der Waals surface area contributed by atoms with Gasteiger partial charge in [0.2, 0.25) is 8.41 Å². The van der Waals surface area contributed by atoms with E-state index in [-0.39, 0.29) is 30.3 Å². The number of ether oxygens (including phenoxy) is 1. The highest BCUT2D eigenvalue weighted by Gasteiger charge is 2.50. The van der Waals surface area contributed by atoms with Gasteiger partial charge in [0.15, 0.2) is 0 Å². The van der Waals surface area contributed by atoms with Crippen LogP contribution in [0.4, 0.5) is 4.11 Å². The van der Waals surface area contributed by atoms with E-state index in [2.05, 4.69) is 41.5 Å². The zero-order valence-electron chi connectivity index (χ0n) is 17.1. The second kappa shape index (κ2) is 9.28. The molecule has 1 aromatic carbocycles. The number of aromatic nitrogens is 3. The minimum Gasteiger partial charge on any atom is -0.396 e. The van der Waals surface area contributed by atoms with Gasteiger partial charge in [-0.25, -0.2) is 0 Å². The maximum Gasteiger partial charge on any atom is 0.246 e. The second-order valence-corrected chi connectivity index (χ2v) is 12.2. The molecule has 7 heteroatoms. The number of aryl methyl sites for hydroxylation is 2. The molecule has 0 radical (unpaired) electrons. The fraction of sp³-hybridized carbons (Fsp3) is 0.619. The van der Waals surface area contributed by atoms with Crippen LogP contribution >= 0.6 is 0 Å². The van der Waals surface area contributed by atoms with Crippen molar-refractivity contribution in [2.45, 2.75) is 70.0 Å². The Labute approximate surface area is 168 Å². The van der Waals surface area contributed by atoms with Gasteiger partial charge < -0.3 is 14.0 Å². The third-order valence-corrected chi connectivity index (χ3v) is 8.34. The van der Waals surface area contributed by atoms with Crippen LogP contribution in [0.5, 0.6) is 0 Å². The molecule has 154 valence electrons. The molecule has 0 unspecified atom stereocenters. The molecular weight excluding hydrogens is 373 g/mol. The average molecular weight is 406 g/mol. The van der Waals surface area contributed by atoms with E-state index >= 15 is 4.11 Å². The van der Waals surface area contributed by atoms with Gasteiger partial charge >= 0.3 is 0 Å². The Morgan fingerprint density at radius 3 is 2.57 bits per heavy atom. The second-order valence-electron chi connectivity index (χ2n) is 8.42. The smallest absolute Gasteiger partial charge is 0.246 e. The molecule has 3 rings (SSSR count). The normalized spacial score (nSPS) is 25.3. The highest BCUT2D eigenvalue weighted by Crippen LogP contribution is 2.46. The summed E-state index contributed by atoms with van der Waals surface area (Å²) in [6.07, 6.45) is 4.99. The van der Waals surface area contributed by atoms with Crippen LogP contribution in [0.2, 0.25) is 18.6 Å². The Hall–Kier alpha value is -1.57. The summed E-state index contributed by atoms with van der Waals surface area (Å²) in [5, 5.41) is 17.2. The fourth-order valence-electron chi connectivity index (χ4n) is 4.54. The van der Waals surface area contributed by atoms with Crippen LogP contribution in [0.1, 0.15) is 31.0 Å². The Balaban J connectivity index is 1.62. The molecular formula is C21H32FN3O2Si. The van der Waals surface area contributed by atoms with Crippen LogP contribution in [0, 0.1) is 5.92 Å². The van der Waals surface area contributed by atoms with E-state index in [1.165, 1.54) is 5.56 Å². The summed E-state index contributed by atoms with van der Waals surface area (Å²) in [5.74, 6) is 0.223. The Morgan fingerprint density at radius 1 is 1.14 bits per heavy atom. The lowest BCUT2D eigenvalue weighted by Crippen LogP contribution is -2.36. The summed E-state index contributed by atoms with van der Waals surface area (Å²) in [4.78, 5) is 0. The minimum atomic E-state index is -2.85. The first kappa shape index (κ1) is 21.1. The minimum absolute atomic E-state index is 0.00583. The Morgan fingerprint density at radius 2 is 1.89 bits per heavy atom. The first-order chi connectivity index (χ1) is 13.4. The lowest BCUT2D eigenvalue weighted by molar-refractivity contribution is 0.0247. The number of halogens is 1. The third-order valence-electron chi connectivity index (χ3n) is 5.85. The summed E-state index contributed by atoms with van der Waals surface area (Å²) in [6, 6.07) is 10.4. The quantitative estimate of drug-likeness (QED) is 0.509. The number of aliphatic hydroxyl groups is 1.